The number of ether oxygens (including phenoxy) is 1. The van der Waals surface area contributed by atoms with Crippen LogP contribution in [0.25, 0.3) is 0 Å². The number of cyclic esters (lactones) is 1. The molecule has 0 bridgehead atoms. The van der Waals surface area contributed by atoms with Crippen molar-refractivity contribution in [2.45, 2.75) is 12.5 Å². The average molecular weight is 282 g/mol. The summed E-state index contributed by atoms with van der Waals surface area (Å²) in [5.41, 5.74) is 1.92. The lowest BCUT2D eigenvalue weighted by molar-refractivity contribution is -0.141. The van der Waals surface area contributed by atoms with Gasteiger partial charge in [-0.2, -0.15) is 0 Å². The second-order valence-corrected chi connectivity index (χ2v) is 5.45. The van der Waals surface area contributed by atoms with Gasteiger partial charge in [-0.05, 0) is 17.5 Å². The van der Waals surface area contributed by atoms with Crippen molar-refractivity contribution in [3.63, 3.8) is 0 Å². The molecule has 0 unspecified atom stereocenters. The largest absolute Gasteiger partial charge is 0.465 e. The normalized spacial score (nSPS) is 22.8. The Balaban J connectivity index is 1.79. The fourth-order valence-electron chi connectivity index (χ4n) is 2.89. The molecule has 1 fully saturated rings. The Morgan fingerprint density at radius 3 is 2.33 bits per heavy atom. The summed E-state index contributed by atoms with van der Waals surface area (Å²) in [4.78, 5) is 12.0. The van der Waals surface area contributed by atoms with E-state index >= 15 is 0 Å². The number of esters is 1. The monoisotopic (exact) mass is 282 g/mol. The standard InChI is InChI=1S/C18H18O3/c19-17(14-9-5-2-6-10-14)16-12-21-18(20)15(16)11-13-7-3-1-4-8-13/h1-10,15-17,19H,11-12H2/t15-,16+,17-/m1/s1. The second-order valence-electron chi connectivity index (χ2n) is 5.45. The summed E-state index contributed by atoms with van der Waals surface area (Å²) in [5.74, 6) is -0.693. The Labute approximate surface area is 124 Å². The molecular formula is C18H18O3. The molecule has 1 aliphatic heterocycles. The van der Waals surface area contributed by atoms with E-state index < -0.39 is 6.10 Å². The highest BCUT2D eigenvalue weighted by atomic mass is 16.5. The molecular weight excluding hydrogens is 264 g/mol. The van der Waals surface area contributed by atoms with E-state index in [0.717, 1.165) is 11.1 Å². The highest BCUT2D eigenvalue weighted by Gasteiger charge is 2.41. The smallest absolute Gasteiger partial charge is 0.309 e. The zero-order chi connectivity index (χ0) is 14.7. The first-order valence-electron chi connectivity index (χ1n) is 7.19. The van der Waals surface area contributed by atoms with Gasteiger partial charge in [-0.1, -0.05) is 60.7 Å². The third-order valence-electron chi connectivity index (χ3n) is 4.08. The molecule has 1 heterocycles. The fraction of sp³-hybridized carbons (Fsp3) is 0.278. The zero-order valence-corrected chi connectivity index (χ0v) is 11.7. The third-order valence-corrected chi connectivity index (χ3v) is 4.08. The van der Waals surface area contributed by atoms with Crippen LogP contribution in [0.15, 0.2) is 60.7 Å². The van der Waals surface area contributed by atoms with Crippen molar-refractivity contribution >= 4 is 5.97 Å². The SMILES string of the molecule is O=C1OC[C@H]([C@H](O)c2ccccc2)[C@H]1Cc1ccccc1. The van der Waals surface area contributed by atoms with E-state index in [4.69, 9.17) is 4.74 Å². The van der Waals surface area contributed by atoms with Crippen molar-refractivity contribution < 1.29 is 14.6 Å². The summed E-state index contributed by atoms with van der Waals surface area (Å²) in [6, 6.07) is 19.3. The third kappa shape index (κ3) is 2.98. The van der Waals surface area contributed by atoms with Crippen LogP contribution >= 0.6 is 0 Å². The summed E-state index contributed by atoms with van der Waals surface area (Å²) < 4.78 is 5.19. The van der Waals surface area contributed by atoms with Crippen molar-refractivity contribution in [3.8, 4) is 0 Å². The van der Waals surface area contributed by atoms with E-state index in [0.29, 0.717) is 6.42 Å². The first kappa shape index (κ1) is 13.8. The summed E-state index contributed by atoms with van der Waals surface area (Å²) in [7, 11) is 0. The van der Waals surface area contributed by atoms with Crippen LogP contribution in [0.4, 0.5) is 0 Å². The van der Waals surface area contributed by atoms with Gasteiger partial charge in [0.2, 0.25) is 0 Å². The number of hydrogen-bond acceptors (Lipinski definition) is 3. The van der Waals surface area contributed by atoms with E-state index in [1.165, 1.54) is 0 Å². The predicted molar refractivity (Wildman–Crippen MR) is 79.5 cm³/mol. The number of aliphatic hydroxyl groups excluding tert-OH is 1. The van der Waals surface area contributed by atoms with Crippen LogP contribution in [0.3, 0.4) is 0 Å². The molecule has 3 nitrogen and oxygen atoms in total. The maximum Gasteiger partial charge on any atom is 0.309 e. The van der Waals surface area contributed by atoms with Crippen LogP contribution in [0.1, 0.15) is 17.2 Å². The van der Waals surface area contributed by atoms with E-state index in [1.54, 1.807) is 0 Å². The molecule has 21 heavy (non-hydrogen) atoms. The molecule has 1 aliphatic rings. The summed E-state index contributed by atoms with van der Waals surface area (Å²) >= 11 is 0. The number of rotatable bonds is 4. The minimum absolute atomic E-state index is 0.194. The van der Waals surface area contributed by atoms with Gasteiger partial charge >= 0.3 is 5.97 Å². The predicted octanol–water partition coefficient (Wildman–Crippen LogP) is 2.75. The highest BCUT2D eigenvalue weighted by Crippen LogP contribution is 2.35. The van der Waals surface area contributed by atoms with Crippen molar-refractivity contribution in [2.24, 2.45) is 11.8 Å². The van der Waals surface area contributed by atoms with Gasteiger partial charge in [0.1, 0.15) is 0 Å². The molecule has 0 aliphatic carbocycles. The van der Waals surface area contributed by atoms with E-state index in [1.807, 2.05) is 60.7 Å². The Hall–Kier alpha value is -2.13. The molecule has 0 radical (unpaired) electrons. The maximum absolute atomic E-state index is 12.0. The fourth-order valence-corrected chi connectivity index (χ4v) is 2.89. The molecule has 0 saturated carbocycles. The molecule has 3 heteroatoms. The lowest BCUT2D eigenvalue weighted by Gasteiger charge is -2.21. The lowest BCUT2D eigenvalue weighted by atomic mass is 9.83. The van der Waals surface area contributed by atoms with Gasteiger partial charge in [-0.25, -0.2) is 0 Å². The van der Waals surface area contributed by atoms with Crippen LogP contribution in [0, 0.1) is 11.8 Å². The minimum Gasteiger partial charge on any atom is -0.465 e. The average Bonchev–Trinajstić information content (AvgIpc) is 2.90. The number of hydrogen-bond donors (Lipinski definition) is 1. The van der Waals surface area contributed by atoms with E-state index in [-0.39, 0.29) is 24.4 Å². The highest BCUT2D eigenvalue weighted by molar-refractivity contribution is 5.75. The first-order valence-corrected chi connectivity index (χ1v) is 7.19. The van der Waals surface area contributed by atoms with Gasteiger partial charge < -0.3 is 9.84 Å². The molecule has 108 valence electrons. The Kier molecular flexibility index (Phi) is 4.02. The zero-order valence-electron chi connectivity index (χ0n) is 11.7. The van der Waals surface area contributed by atoms with Crippen LogP contribution in [-0.4, -0.2) is 17.7 Å². The van der Waals surface area contributed by atoms with Crippen molar-refractivity contribution in [1.29, 1.82) is 0 Å². The first-order chi connectivity index (χ1) is 10.3. The molecule has 2 aromatic carbocycles. The number of aliphatic hydroxyl groups is 1. The van der Waals surface area contributed by atoms with Crippen molar-refractivity contribution in [2.75, 3.05) is 6.61 Å². The molecule has 2 aromatic rings. The summed E-state index contributed by atoms with van der Waals surface area (Å²) in [6.45, 7) is 0.284. The lowest BCUT2D eigenvalue weighted by Crippen LogP contribution is -2.24. The molecule has 0 aromatic heterocycles. The topological polar surface area (TPSA) is 46.5 Å². The number of benzene rings is 2. The maximum atomic E-state index is 12.0. The van der Waals surface area contributed by atoms with Crippen molar-refractivity contribution in [3.05, 3.63) is 71.8 Å². The molecule has 1 N–H and O–H groups in total. The van der Waals surface area contributed by atoms with Gasteiger partial charge in [0, 0.05) is 5.92 Å². The Morgan fingerprint density at radius 1 is 1.05 bits per heavy atom. The number of carbonyl (C=O) groups is 1. The Bertz CT molecular complexity index is 594. The van der Waals surface area contributed by atoms with Gasteiger partial charge in [0.05, 0.1) is 18.6 Å². The van der Waals surface area contributed by atoms with Crippen molar-refractivity contribution in [1.82, 2.24) is 0 Å². The summed E-state index contributed by atoms with van der Waals surface area (Å²) in [5, 5.41) is 10.6. The van der Waals surface area contributed by atoms with Gasteiger partial charge in [0.15, 0.2) is 0 Å². The minimum atomic E-state index is -0.675. The van der Waals surface area contributed by atoms with Crippen LogP contribution in [-0.2, 0) is 16.0 Å². The van der Waals surface area contributed by atoms with Gasteiger partial charge in [-0.15, -0.1) is 0 Å². The summed E-state index contributed by atoms with van der Waals surface area (Å²) in [6.07, 6.45) is -0.0693. The van der Waals surface area contributed by atoms with Crippen LogP contribution in [0.5, 0.6) is 0 Å². The quantitative estimate of drug-likeness (QED) is 0.877. The molecule has 3 atom stereocenters. The van der Waals surface area contributed by atoms with Gasteiger partial charge in [0.25, 0.3) is 0 Å². The Morgan fingerprint density at radius 2 is 1.67 bits per heavy atom. The van der Waals surface area contributed by atoms with Crippen LogP contribution in [0.2, 0.25) is 0 Å². The second kappa shape index (κ2) is 6.10. The van der Waals surface area contributed by atoms with Crippen LogP contribution < -0.4 is 0 Å². The molecule has 0 amide bonds. The van der Waals surface area contributed by atoms with Gasteiger partial charge in [-0.3, -0.25) is 4.79 Å². The molecule has 3 rings (SSSR count). The molecule has 1 saturated heterocycles. The van der Waals surface area contributed by atoms with E-state index in [9.17, 15) is 9.90 Å². The number of carbonyl (C=O) groups excluding carboxylic acids is 1. The van der Waals surface area contributed by atoms with E-state index in [2.05, 4.69) is 0 Å². The molecule has 0 spiro atoms.